The number of alkyl halides is 2. The molecule has 4 aliphatic rings. The average Bonchev–Trinajstić information content (AvgIpc) is 3.54. The number of anilines is 2. The fourth-order valence-corrected chi connectivity index (χ4v) is 6.44. The first-order valence-corrected chi connectivity index (χ1v) is 15.0. The molecule has 3 fully saturated rings. The van der Waals surface area contributed by atoms with Crippen LogP contribution in [0.5, 0.6) is 0 Å². The Morgan fingerprint density at radius 3 is 2.56 bits per heavy atom. The van der Waals surface area contributed by atoms with Crippen LogP contribution in [0.2, 0.25) is 0 Å². The lowest BCUT2D eigenvalue weighted by Gasteiger charge is -2.46. The number of carbonyl (C=O) groups excluding carboxylic acids is 4. The average molecular weight is 622 g/mol. The first-order chi connectivity index (χ1) is 21.4. The molecule has 0 bridgehead atoms. The summed E-state index contributed by atoms with van der Waals surface area (Å²) in [5.41, 5.74) is 0.700. The highest BCUT2D eigenvalue weighted by atomic mass is 19.3. The third kappa shape index (κ3) is 5.13. The van der Waals surface area contributed by atoms with Gasteiger partial charge in [0.15, 0.2) is 5.69 Å². The first-order valence-electron chi connectivity index (χ1n) is 15.0. The maximum Gasteiger partial charge on any atom is 0.276 e. The van der Waals surface area contributed by atoms with E-state index in [1.54, 1.807) is 22.0 Å². The lowest BCUT2D eigenvalue weighted by molar-refractivity contribution is -0.142. The van der Waals surface area contributed by atoms with Crippen LogP contribution in [0.3, 0.4) is 0 Å². The van der Waals surface area contributed by atoms with Gasteiger partial charge < -0.3 is 15.1 Å². The molecule has 45 heavy (non-hydrogen) atoms. The second-order valence-corrected chi connectivity index (χ2v) is 13.1. The largest absolute Gasteiger partial charge is 0.355 e. The Morgan fingerprint density at radius 1 is 1.07 bits per heavy atom. The van der Waals surface area contributed by atoms with Crippen molar-refractivity contribution < 1.29 is 28.0 Å². The highest BCUT2D eigenvalue weighted by Crippen LogP contribution is 2.46. The molecular formula is C30H33F2N9O4. The van der Waals surface area contributed by atoms with E-state index in [-0.39, 0.29) is 53.3 Å². The van der Waals surface area contributed by atoms with Gasteiger partial charge in [0, 0.05) is 74.5 Å². The molecule has 15 heteroatoms. The minimum atomic E-state index is -2.96. The fourth-order valence-electron chi connectivity index (χ4n) is 6.44. The van der Waals surface area contributed by atoms with E-state index in [1.165, 1.54) is 20.0 Å². The van der Waals surface area contributed by atoms with Crippen molar-refractivity contribution in [3.63, 3.8) is 0 Å². The molecule has 3 aromatic heterocycles. The predicted molar refractivity (Wildman–Crippen MR) is 156 cm³/mol. The maximum atomic E-state index is 14.7. The van der Waals surface area contributed by atoms with E-state index in [2.05, 4.69) is 30.9 Å². The second kappa shape index (κ2) is 10.4. The van der Waals surface area contributed by atoms with Crippen LogP contribution in [0.4, 0.5) is 20.3 Å². The van der Waals surface area contributed by atoms with Crippen molar-refractivity contribution in [2.24, 2.45) is 11.3 Å². The summed E-state index contributed by atoms with van der Waals surface area (Å²) in [6, 6.07) is 3.64. The van der Waals surface area contributed by atoms with Crippen molar-refractivity contribution in [1.29, 1.82) is 0 Å². The molecule has 6 heterocycles. The molecule has 3 saturated heterocycles. The molecule has 236 valence electrons. The third-order valence-corrected chi connectivity index (χ3v) is 9.55. The molecule has 1 unspecified atom stereocenters. The Labute approximate surface area is 256 Å². The summed E-state index contributed by atoms with van der Waals surface area (Å²) in [6.45, 7) is 5.08. The molecule has 0 spiro atoms. The summed E-state index contributed by atoms with van der Waals surface area (Å²) >= 11 is 0. The number of amides is 4. The number of carbonyl (C=O) groups is 4. The van der Waals surface area contributed by atoms with Crippen LogP contribution in [0.25, 0.3) is 0 Å². The number of likely N-dealkylation sites (tertiary alicyclic amines) is 1. The van der Waals surface area contributed by atoms with Gasteiger partial charge in [0.25, 0.3) is 11.8 Å². The summed E-state index contributed by atoms with van der Waals surface area (Å²) in [4.78, 5) is 57.7. The third-order valence-electron chi connectivity index (χ3n) is 9.55. The minimum Gasteiger partial charge on any atom is -0.355 e. The zero-order valence-electron chi connectivity index (χ0n) is 24.8. The quantitative estimate of drug-likeness (QED) is 0.353. The van der Waals surface area contributed by atoms with Crippen LogP contribution >= 0.6 is 0 Å². The van der Waals surface area contributed by atoms with E-state index < -0.39 is 23.7 Å². The van der Waals surface area contributed by atoms with E-state index in [1.807, 2.05) is 17.0 Å². The molecule has 3 aromatic rings. The SMILES string of the molecule is CC1(C)Cc2[nH]nc(C(=O)Nc3cnn(C4CN(C(=O)C5CN(c6ccc(C7CCC(=O)NC7=O)cn6)C5)C4)c3)c2CC1(F)F. The van der Waals surface area contributed by atoms with Gasteiger partial charge in [0.05, 0.1) is 29.8 Å². The summed E-state index contributed by atoms with van der Waals surface area (Å²) in [5, 5.41) is 16.2. The number of H-pyrrole nitrogens is 1. The Bertz CT molecular complexity index is 1690. The van der Waals surface area contributed by atoms with Gasteiger partial charge in [0.2, 0.25) is 17.7 Å². The van der Waals surface area contributed by atoms with E-state index in [9.17, 15) is 28.0 Å². The van der Waals surface area contributed by atoms with Crippen molar-refractivity contribution >= 4 is 35.1 Å². The number of aromatic amines is 1. The van der Waals surface area contributed by atoms with Crippen molar-refractivity contribution in [3.05, 3.63) is 53.2 Å². The van der Waals surface area contributed by atoms with Crippen LogP contribution in [0.15, 0.2) is 30.7 Å². The summed E-state index contributed by atoms with van der Waals surface area (Å²) in [5.74, 6) is -3.84. The molecule has 1 atom stereocenters. The normalized spacial score (nSPS) is 22.7. The van der Waals surface area contributed by atoms with Crippen molar-refractivity contribution in [3.8, 4) is 0 Å². The molecule has 0 saturated carbocycles. The number of aromatic nitrogens is 5. The lowest BCUT2D eigenvalue weighted by atomic mass is 9.73. The minimum absolute atomic E-state index is 0.0386. The van der Waals surface area contributed by atoms with E-state index in [0.717, 1.165) is 11.4 Å². The van der Waals surface area contributed by atoms with Crippen LogP contribution in [0.1, 0.15) is 66.0 Å². The molecule has 4 amide bonds. The predicted octanol–water partition coefficient (Wildman–Crippen LogP) is 2.05. The highest BCUT2D eigenvalue weighted by Gasteiger charge is 2.51. The van der Waals surface area contributed by atoms with Crippen molar-refractivity contribution in [2.45, 2.75) is 57.4 Å². The van der Waals surface area contributed by atoms with Crippen molar-refractivity contribution in [2.75, 3.05) is 36.4 Å². The molecule has 3 aliphatic heterocycles. The number of imide groups is 1. The van der Waals surface area contributed by atoms with Crippen LogP contribution in [-0.4, -0.2) is 85.6 Å². The Kier molecular flexibility index (Phi) is 6.74. The number of rotatable bonds is 6. The number of halogens is 2. The van der Waals surface area contributed by atoms with E-state index in [0.29, 0.717) is 50.4 Å². The highest BCUT2D eigenvalue weighted by molar-refractivity contribution is 6.04. The number of hydrogen-bond acceptors (Lipinski definition) is 8. The van der Waals surface area contributed by atoms with Gasteiger partial charge in [-0.05, 0) is 18.1 Å². The fraction of sp³-hybridized carbons (Fsp3) is 0.500. The van der Waals surface area contributed by atoms with Gasteiger partial charge in [-0.2, -0.15) is 10.2 Å². The lowest BCUT2D eigenvalue weighted by Crippen LogP contribution is -2.60. The number of nitrogens with zero attached hydrogens (tertiary/aromatic N) is 6. The second-order valence-electron chi connectivity index (χ2n) is 13.1. The van der Waals surface area contributed by atoms with Gasteiger partial charge in [-0.1, -0.05) is 19.9 Å². The van der Waals surface area contributed by atoms with Crippen molar-refractivity contribution in [1.82, 2.24) is 35.2 Å². The van der Waals surface area contributed by atoms with Crippen LogP contribution in [0, 0.1) is 11.3 Å². The molecule has 0 aromatic carbocycles. The van der Waals surface area contributed by atoms with Gasteiger partial charge in [-0.25, -0.2) is 13.8 Å². The zero-order valence-corrected chi connectivity index (χ0v) is 24.8. The molecule has 3 N–H and O–H groups in total. The Hall–Kier alpha value is -4.69. The number of nitrogens with one attached hydrogen (secondary N) is 3. The van der Waals surface area contributed by atoms with E-state index >= 15 is 0 Å². The van der Waals surface area contributed by atoms with Gasteiger partial charge >= 0.3 is 0 Å². The Morgan fingerprint density at radius 2 is 1.84 bits per heavy atom. The molecule has 1 aliphatic carbocycles. The Balaban J connectivity index is 0.887. The topological polar surface area (TPSA) is 158 Å². The molecule has 13 nitrogen and oxygen atoms in total. The number of fused-ring (bicyclic) bond motifs is 1. The summed E-state index contributed by atoms with van der Waals surface area (Å²) in [6.07, 6.45) is 5.13. The van der Waals surface area contributed by atoms with Crippen LogP contribution in [-0.2, 0) is 27.2 Å². The van der Waals surface area contributed by atoms with Gasteiger partial charge in [-0.3, -0.25) is 34.3 Å². The zero-order chi connectivity index (χ0) is 31.7. The number of pyridine rings is 1. The monoisotopic (exact) mass is 621 g/mol. The van der Waals surface area contributed by atoms with Crippen LogP contribution < -0.4 is 15.5 Å². The van der Waals surface area contributed by atoms with E-state index in [4.69, 9.17) is 0 Å². The standard InChI is InChI=1S/C30H33F2N9O4/c1-29(2)8-22-21(7-30(29,31)32)25(38-37-22)27(44)35-18-10-34-41(13-18)19-14-40(15-19)28(45)17-11-39(12-17)23-5-3-16(9-33-23)20-4-6-24(42)36-26(20)43/h3,5,9-10,13,17,19-20H,4,6-8,11-12,14-15H2,1-2H3,(H,35,44)(H,37,38)(H,36,42,43). The summed E-state index contributed by atoms with van der Waals surface area (Å²) < 4.78 is 31.0. The maximum absolute atomic E-state index is 14.7. The molecule has 7 rings (SSSR count). The van der Waals surface area contributed by atoms with Gasteiger partial charge in [0.1, 0.15) is 5.82 Å². The smallest absolute Gasteiger partial charge is 0.276 e. The number of piperidine rings is 1. The number of hydrogen-bond donors (Lipinski definition) is 3. The first kappa shape index (κ1) is 29.0. The summed E-state index contributed by atoms with van der Waals surface area (Å²) in [7, 11) is 0. The molecular weight excluding hydrogens is 588 g/mol. The molecule has 0 radical (unpaired) electrons. The van der Waals surface area contributed by atoms with Gasteiger partial charge in [-0.15, -0.1) is 0 Å².